The van der Waals surface area contributed by atoms with Gasteiger partial charge in [0.15, 0.2) is 5.82 Å². The molecule has 0 amide bonds. The van der Waals surface area contributed by atoms with Gasteiger partial charge in [-0.25, -0.2) is 8.70 Å². The maximum atomic E-state index is 15.3. The molecular weight excluding hydrogens is 403 g/mol. The Labute approximate surface area is 169 Å². The standard InChI is InChI=1S/C19H25FN2O6S/c1-19(2,18(25)26)7-3-4-11-5-6-12-9-14(23)17(16(20)13(12)8-11)22-10-15(24)21-29(22,27)28/h5-6,8-9,15,21,23-24,27-28H,3-4,7,10H2,1-2H3,(H,25,26). The SMILES string of the molecule is CC(C)(CCCc1ccc2cc(O)c(N3CC(O)NS3(O)O)c(F)c2c1)C(=O)O. The van der Waals surface area contributed by atoms with E-state index < -0.39 is 45.8 Å². The molecule has 8 nitrogen and oxygen atoms in total. The van der Waals surface area contributed by atoms with Gasteiger partial charge in [-0.2, -0.15) is 4.72 Å². The van der Waals surface area contributed by atoms with Crippen LogP contribution < -0.4 is 9.03 Å². The van der Waals surface area contributed by atoms with E-state index in [9.17, 15) is 29.2 Å². The Hall–Kier alpha value is -2.11. The normalized spacial score (nSPS) is 20.2. The zero-order valence-electron chi connectivity index (χ0n) is 16.1. The smallest absolute Gasteiger partial charge is 0.309 e. The number of anilines is 1. The highest BCUT2D eigenvalue weighted by atomic mass is 32.3. The summed E-state index contributed by atoms with van der Waals surface area (Å²) in [6, 6.07) is 6.36. The number of aromatic hydroxyl groups is 1. The van der Waals surface area contributed by atoms with E-state index in [1.165, 1.54) is 6.07 Å². The van der Waals surface area contributed by atoms with Crippen LogP contribution in [0, 0.1) is 11.2 Å². The number of nitrogens with zero attached hydrogens (tertiary/aromatic N) is 1. The molecule has 6 N–H and O–H groups in total. The molecule has 1 heterocycles. The molecule has 0 aromatic heterocycles. The number of aliphatic hydroxyl groups is 1. The van der Waals surface area contributed by atoms with Crippen molar-refractivity contribution in [3.8, 4) is 5.75 Å². The minimum Gasteiger partial charge on any atom is -0.506 e. The highest BCUT2D eigenvalue weighted by Crippen LogP contribution is 2.51. The first-order chi connectivity index (χ1) is 13.4. The summed E-state index contributed by atoms with van der Waals surface area (Å²) in [7, 11) is -3.67. The molecule has 0 aliphatic carbocycles. The number of hydrogen-bond acceptors (Lipinski definition) is 7. The number of benzene rings is 2. The van der Waals surface area contributed by atoms with Gasteiger partial charge < -0.3 is 15.3 Å². The van der Waals surface area contributed by atoms with Gasteiger partial charge in [0, 0.05) is 5.39 Å². The van der Waals surface area contributed by atoms with Gasteiger partial charge in [-0.15, -0.1) is 0 Å². The van der Waals surface area contributed by atoms with Crippen molar-refractivity contribution in [2.24, 2.45) is 5.41 Å². The lowest BCUT2D eigenvalue weighted by Crippen LogP contribution is -2.26. The van der Waals surface area contributed by atoms with Crippen LogP contribution in [-0.4, -0.2) is 43.2 Å². The van der Waals surface area contributed by atoms with Crippen molar-refractivity contribution in [1.29, 1.82) is 0 Å². The van der Waals surface area contributed by atoms with E-state index in [1.807, 2.05) is 0 Å². The number of rotatable bonds is 6. The van der Waals surface area contributed by atoms with Crippen molar-refractivity contribution >= 4 is 33.4 Å². The number of fused-ring (bicyclic) bond motifs is 1. The van der Waals surface area contributed by atoms with Gasteiger partial charge in [-0.1, -0.05) is 23.1 Å². The summed E-state index contributed by atoms with van der Waals surface area (Å²) in [6.45, 7) is 3.00. The van der Waals surface area contributed by atoms with Crippen LogP contribution in [0.15, 0.2) is 24.3 Å². The van der Waals surface area contributed by atoms with Crippen molar-refractivity contribution < 1.29 is 33.6 Å². The molecule has 2 aromatic carbocycles. The molecule has 1 saturated heterocycles. The number of carboxylic acids is 1. The van der Waals surface area contributed by atoms with Gasteiger partial charge in [0.25, 0.3) is 0 Å². The first kappa shape index (κ1) is 21.6. The second-order valence-electron chi connectivity index (χ2n) is 7.87. The third-order valence-corrected chi connectivity index (χ3v) is 6.67. The molecule has 0 radical (unpaired) electrons. The maximum absolute atomic E-state index is 15.3. The molecule has 1 aliphatic rings. The van der Waals surface area contributed by atoms with Gasteiger partial charge >= 0.3 is 5.97 Å². The fourth-order valence-electron chi connectivity index (χ4n) is 3.37. The highest BCUT2D eigenvalue weighted by molar-refractivity contribution is 8.24. The first-order valence-electron chi connectivity index (χ1n) is 9.11. The van der Waals surface area contributed by atoms with Gasteiger partial charge in [0.2, 0.25) is 0 Å². The molecule has 0 bridgehead atoms. The third kappa shape index (κ3) is 4.26. The lowest BCUT2D eigenvalue weighted by atomic mass is 9.86. The van der Waals surface area contributed by atoms with Crippen molar-refractivity contribution in [3.05, 3.63) is 35.6 Å². The Morgan fingerprint density at radius 1 is 1.34 bits per heavy atom. The molecule has 1 atom stereocenters. The number of hydrogen-bond donors (Lipinski definition) is 6. The molecule has 160 valence electrons. The predicted octanol–water partition coefficient (Wildman–Crippen LogP) is 3.43. The van der Waals surface area contributed by atoms with E-state index in [-0.39, 0.29) is 11.9 Å². The van der Waals surface area contributed by atoms with Crippen LogP contribution in [0.2, 0.25) is 0 Å². The van der Waals surface area contributed by atoms with Crippen LogP contribution in [-0.2, 0) is 11.2 Å². The molecular formula is C19H25FN2O6S. The summed E-state index contributed by atoms with van der Waals surface area (Å²) in [6.07, 6.45) is 0.321. The van der Waals surface area contributed by atoms with Crippen molar-refractivity contribution in [3.63, 3.8) is 0 Å². The van der Waals surface area contributed by atoms with Crippen molar-refractivity contribution in [2.75, 3.05) is 10.8 Å². The predicted molar refractivity (Wildman–Crippen MR) is 109 cm³/mol. The summed E-state index contributed by atoms with van der Waals surface area (Å²) in [4.78, 5) is 11.2. The maximum Gasteiger partial charge on any atom is 0.309 e. The lowest BCUT2D eigenvalue weighted by Gasteiger charge is -2.37. The molecule has 0 saturated carbocycles. The summed E-state index contributed by atoms with van der Waals surface area (Å²) in [5.41, 5.74) is -0.454. The van der Waals surface area contributed by atoms with E-state index >= 15 is 4.39 Å². The first-order valence-corrected chi connectivity index (χ1v) is 10.6. The number of phenols is 1. The largest absolute Gasteiger partial charge is 0.506 e. The summed E-state index contributed by atoms with van der Waals surface area (Å²) >= 11 is 0. The second kappa shape index (κ2) is 7.62. The lowest BCUT2D eigenvalue weighted by molar-refractivity contribution is -0.147. The average molecular weight is 428 g/mol. The number of aliphatic hydroxyl groups excluding tert-OH is 1. The Balaban J connectivity index is 1.91. The van der Waals surface area contributed by atoms with Crippen molar-refractivity contribution in [2.45, 2.75) is 39.3 Å². The van der Waals surface area contributed by atoms with Gasteiger partial charge in [0.05, 0.1) is 12.0 Å². The Kier molecular flexibility index (Phi) is 5.67. The number of aliphatic carboxylic acids is 1. The number of carboxylic acid groups (broad SMARTS) is 1. The number of nitrogens with one attached hydrogen (secondary N) is 1. The summed E-state index contributed by atoms with van der Waals surface area (Å²) in [5.74, 6) is -2.17. The Morgan fingerprint density at radius 3 is 2.62 bits per heavy atom. The van der Waals surface area contributed by atoms with Crippen LogP contribution >= 0.6 is 11.0 Å². The third-order valence-electron chi connectivity index (χ3n) is 5.13. The van der Waals surface area contributed by atoms with Crippen molar-refractivity contribution in [1.82, 2.24) is 4.72 Å². The van der Waals surface area contributed by atoms with E-state index in [1.54, 1.807) is 32.0 Å². The quantitative estimate of drug-likeness (QED) is 0.412. The minimum atomic E-state index is -3.67. The number of β-amino-alcohol motifs (C(OH)–C–C–N with tert-alkyl or cyclic N) is 1. The Morgan fingerprint density at radius 2 is 2.03 bits per heavy atom. The zero-order chi connectivity index (χ0) is 21.6. The zero-order valence-corrected chi connectivity index (χ0v) is 16.9. The fraction of sp³-hybridized carbons (Fsp3) is 0.421. The molecule has 29 heavy (non-hydrogen) atoms. The summed E-state index contributed by atoms with van der Waals surface area (Å²) in [5, 5.41) is 29.7. The molecule has 2 aromatic rings. The van der Waals surface area contributed by atoms with Gasteiger partial charge in [0.1, 0.15) is 17.7 Å². The number of phenolic OH excluding ortho intramolecular Hbond substituents is 1. The van der Waals surface area contributed by atoms with Crippen LogP contribution in [0.5, 0.6) is 5.75 Å². The fourth-order valence-corrected chi connectivity index (χ4v) is 4.72. The van der Waals surface area contributed by atoms with E-state index in [2.05, 4.69) is 4.72 Å². The summed E-state index contributed by atoms with van der Waals surface area (Å²) < 4.78 is 38.3. The topological polar surface area (TPSA) is 133 Å². The molecule has 0 spiro atoms. The van der Waals surface area contributed by atoms with Crippen LogP contribution in [0.1, 0.15) is 32.3 Å². The second-order valence-corrected chi connectivity index (χ2v) is 9.58. The number of carbonyl (C=O) groups is 1. The number of aryl methyl sites for hydroxylation is 1. The highest BCUT2D eigenvalue weighted by Gasteiger charge is 2.38. The monoisotopic (exact) mass is 428 g/mol. The number of halogens is 1. The molecule has 1 unspecified atom stereocenters. The van der Waals surface area contributed by atoms with Crippen LogP contribution in [0.25, 0.3) is 10.8 Å². The van der Waals surface area contributed by atoms with E-state index in [0.29, 0.717) is 24.6 Å². The molecule has 1 fully saturated rings. The van der Waals surface area contributed by atoms with Crippen LogP contribution in [0.3, 0.4) is 0 Å². The van der Waals surface area contributed by atoms with E-state index in [4.69, 9.17) is 0 Å². The molecule has 10 heteroatoms. The average Bonchev–Trinajstić information content (AvgIpc) is 2.87. The molecule has 3 rings (SSSR count). The van der Waals surface area contributed by atoms with Gasteiger partial charge in [-0.3, -0.25) is 13.9 Å². The minimum absolute atomic E-state index is 0.185. The van der Waals surface area contributed by atoms with E-state index in [0.717, 1.165) is 9.87 Å². The van der Waals surface area contributed by atoms with Crippen LogP contribution in [0.4, 0.5) is 10.1 Å². The Bertz CT molecular complexity index is 952. The van der Waals surface area contributed by atoms with Gasteiger partial charge in [-0.05, 0) is 56.2 Å². The molecule has 1 aliphatic heterocycles.